The van der Waals surface area contributed by atoms with Gasteiger partial charge in [-0.3, -0.25) is 0 Å². The Morgan fingerprint density at radius 2 is 1.56 bits per heavy atom. The average molecular weight is 358 g/mol. The number of hydrogen-bond donors (Lipinski definition) is 0. The van der Waals surface area contributed by atoms with Crippen LogP contribution in [0.5, 0.6) is 0 Å². The molecule has 0 aliphatic carbocycles. The third-order valence-electron chi connectivity index (χ3n) is 4.99. The van der Waals surface area contributed by atoms with Crippen molar-refractivity contribution in [2.75, 3.05) is 31.6 Å². The Bertz CT molecular complexity index is 719. The van der Waals surface area contributed by atoms with E-state index in [4.69, 9.17) is 0 Å². The van der Waals surface area contributed by atoms with Crippen molar-refractivity contribution in [3.8, 4) is 0 Å². The number of piperidine rings is 1. The molecule has 0 aromatic heterocycles. The van der Waals surface area contributed by atoms with Crippen LogP contribution in [0.3, 0.4) is 0 Å². The van der Waals surface area contributed by atoms with E-state index in [1.807, 2.05) is 0 Å². The van der Waals surface area contributed by atoms with Gasteiger partial charge in [0.25, 0.3) is 0 Å². The first-order chi connectivity index (χ1) is 12.0. The Hall–Kier alpha value is -1.65. The normalized spacial score (nSPS) is 19.2. The summed E-state index contributed by atoms with van der Waals surface area (Å²) in [6.07, 6.45) is 3.45. The number of sulfone groups is 1. The minimum Gasteiger partial charge on any atom is -0.302 e. The molecule has 0 radical (unpaired) electrons. The minimum atomic E-state index is -2.91. The molecule has 25 heavy (non-hydrogen) atoms. The third-order valence-corrected chi connectivity index (χ3v) is 6.06. The van der Waals surface area contributed by atoms with Gasteiger partial charge in [-0.25, -0.2) is 8.42 Å². The van der Waals surface area contributed by atoms with Gasteiger partial charge in [-0.05, 0) is 36.4 Å². The molecular weight excluding hydrogens is 330 g/mol. The van der Waals surface area contributed by atoms with Crippen molar-refractivity contribution in [3.05, 3.63) is 71.8 Å². The molecule has 0 bridgehead atoms. The Morgan fingerprint density at radius 1 is 1.00 bits per heavy atom. The van der Waals surface area contributed by atoms with Crippen molar-refractivity contribution in [1.29, 1.82) is 0 Å². The summed E-state index contributed by atoms with van der Waals surface area (Å²) < 4.78 is 23.3. The van der Waals surface area contributed by atoms with Crippen LogP contribution in [-0.4, -0.2) is 45.0 Å². The molecule has 1 fully saturated rings. The predicted molar refractivity (Wildman–Crippen MR) is 104 cm³/mol. The number of likely N-dealkylation sites (tertiary alicyclic amines) is 1. The summed E-state index contributed by atoms with van der Waals surface area (Å²) in [5.74, 6) is 0.889. The van der Waals surface area contributed by atoms with Crippen LogP contribution in [-0.2, 0) is 9.84 Å². The van der Waals surface area contributed by atoms with Gasteiger partial charge in [-0.2, -0.15) is 0 Å². The van der Waals surface area contributed by atoms with Crippen LogP contribution in [0, 0.1) is 5.92 Å². The molecule has 134 valence electrons. The van der Waals surface area contributed by atoms with Gasteiger partial charge in [0.1, 0.15) is 9.84 Å². The fraction of sp³-hybridized carbons (Fsp3) is 0.429. The minimum absolute atomic E-state index is 0.260. The first-order valence-corrected chi connectivity index (χ1v) is 11.1. The second-order valence-corrected chi connectivity index (χ2v) is 9.42. The van der Waals surface area contributed by atoms with E-state index in [0.29, 0.717) is 11.7 Å². The number of rotatable bonds is 6. The number of benzene rings is 2. The molecule has 0 N–H and O–H groups in total. The Morgan fingerprint density at radius 3 is 2.08 bits per heavy atom. The molecule has 4 heteroatoms. The van der Waals surface area contributed by atoms with E-state index in [2.05, 4.69) is 65.6 Å². The summed E-state index contributed by atoms with van der Waals surface area (Å²) in [6.45, 7) is 2.87. The lowest BCUT2D eigenvalue weighted by Crippen LogP contribution is -2.40. The summed E-state index contributed by atoms with van der Waals surface area (Å²) in [7, 11) is -2.91. The van der Waals surface area contributed by atoms with E-state index in [-0.39, 0.29) is 5.92 Å². The largest absolute Gasteiger partial charge is 0.302 e. The quantitative estimate of drug-likeness (QED) is 0.793. The van der Waals surface area contributed by atoms with Crippen LogP contribution in [0.15, 0.2) is 60.7 Å². The standard InChI is InChI=1S/C21H27NO2S/c1-25(23,24)17-18-9-8-14-22(15-18)16-21(19-10-4-2-5-11-19)20-12-6-3-7-13-20/h2-7,10-13,18,21H,8-9,14-17H2,1H3. The SMILES string of the molecule is CS(=O)(=O)CC1CCCN(CC(c2ccccc2)c2ccccc2)C1. The smallest absolute Gasteiger partial charge is 0.147 e. The molecule has 1 atom stereocenters. The molecule has 1 aliphatic heterocycles. The van der Waals surface area contributed by atoms with Crippen LogP contribution in [0.1, 0.15) is 29.9 Å². The van der Waals surface area contributed by atoms with Crippen LogP contribution >= 0.6 is 0 Å². The molecule has 0 spiro atoms. The van der Waals surface area contributed by atoms with E-state index in [9.17, 15) is 8.42 Å². The fourth-order valence-corrected chi connectivity index (χ4v) is 5.04. The van der Waals surface area contributed by atoms with E-state index >= 15 is 0 Å². The average Bonchev–Trinajstić information content (AvgIpc) is 2.60. The second kappa shape index (κ2) is 8.15. The Labute approximate surface area is 151 Å². The summed E-state index contributed by atoms with van der Waals surface area (Å²) in [4.78, 5) is 2.45. The molecule has 1 aliphatic rings. The molecule has 1 heterocycles. The number of hydrogen-bond acceptors (Lipinski definition) is 3. The molecule has 1 unspecified atom stereocenters. The highest BCUT2D eigenvalue weighted by atomic mass is 32.2. The lowest BCUT2D eigenvalue weighted by atomic mass is 9.89. The van der Waals surface area contributed by atoms with Crippen LogP contribution < -0.4 is 0 Å². The van der Waals surface area contributed by atoms with Gasteiger partial charge in [-0.1, -0.05) is 60.7 Å². The first-order valence-electron chi connectivity index (χ1n) is 9.01. The van der Waals surface area contributed by atoms with Gasteiger partial charge in [0, 0.05) is 25.3 Å². The highest BCUT2D eigenvalue weighted by molar-refractivity contribution is 7.90. The maximum absolute atomic E-state index is 11.7. The maximum atomic E-state index is 11.7. The van der Waals surface area contributed by atoms with Crippen molar-refractivity contribution < 1.29 is 8.42 Å². The van der Waals surface area contributed by atoms with Gasteiger partial charge < -0.3 is 4.90 Å². The maximum Gasteiger partial charge on any atom is 0.147 e. The van der Waals surface area contributed by atoms with Gasteiger partial charge in [-0.15, -0.1) is 0 Å². The van der Waals surface area contributed by atoms with Gasteiger partial charge >= 0.3 is 0 Å². The lowest BCUT2D eigenvalue weighted by Gasteiger charge is -2.35. The topological polar surface area (TPSA) is 37.4 Å². The summed E-state index contributed by atoms with van der Waals surface area (Å²) in [6, 6.07) is 21.2. The molecular formula is C21H27NO2S. The van der Waals surface area contributed by atoms with E-state index in [0.717, 1.165) is 32.5 Å². The van der Waals surface area contributed by atoms with Crippen molar-refractivity contribution in [2.24, 2.45) is 5.92 Å². The zero-order valence-electron chi connectivity index (χ0n) is 14.8. The highest BCUT2D eigenvalue weighted by Gasteiger charge is 2.26. The summed E-state index contributed by atoms with van der Waals surface area (Å²) >= 11 is 0. The van der Waals surface area contributed by atoms with E-state index < -0.39 is 9.84 Å². The van der Waals surface area contributed by atoms with Crippen LogP contribution in [0.4, 0.5) is 0 Å². The second-order valence-electron chi connectivity index (χ2n) is 7.23. The fourth-order valence-electron chi connectivity index (χ4n) is 3.91. The van der Waals surface area contributed by atoms with Crippen LogP contribution in [0.2, 0.25) is 0 Å². The third kappa shape index (κ3) is 5.41. The van der Waals surface area contributed by atoms with Gasteiger partial charge in [0.05, 0.1) is 5.75 Å². The summed E-state index contributed by atoms with van der Waals surface area (Å²) in [5.41, 5.74) is 2.64. The highest BCUT2D eigenvalue weighted by Crippen LogP contribution is 2.28. The molecule has 3 nitrogen and oxygen atoms in total. The van der Waals surface area contributed by atoms with Crippen LogP contribution in [0.25, 0.3) is 0 Å². The molecule has 0 saturated carbocycles. The van der Waals surface area contributed by atoms with Gasteiger partial charge in [0.2, 0.25) is 0 Å². The van der Waals surface area contributed by atoms with E-state index in [1.165, 1.54) is 17.4 Å². The monoisotopic (exact) mass is 357 g/mol. The Balaban J connectivity index is 1.76. The first kappa shape index (κ1) is 18.2. The zero-order valence-corrected chi connectivity index (χ0v) is 15.7. The molecule has 3 rings (SSSR count). The van der Waals surface area contributed by atoms with Gasteiger partial charge in [0.15, 0.2) is 0 Å². The number of nitrogens with zero attached hydrogens (tertiary/aromatic N) is 1. The lowest BCUT2D eigenvalue weighted by molar-refractivity contribution is 0.180. The summed E-state index contributed by atoms with van der Waals surface area (Å²) in [5, 5.41) is 0. The van der Waals surface area contributed by atoms with Crippen molar-refractivity contribution >= 4 is 9.84 Å². The predicted octanol–water partition coefficient (Wildman–Crippen LogP) is 3.58. The Kier molecular flexibility index (Phi) is 5.92. The zero-order chi connectivity index (χ0) is 17.7. The molecule has 2 aromatic rings. The van der Waals surface area contributed by atoms with Crippen molar-refractivity contribution in [1.82, 2.24) is 4.90 Å². The molecule has 1 saturated heterocycles. The van der Waals surface area contributed by atoms with E-state index in [1.54, 1.807) is 0 Å². The molecule has 2 aromatic carbocycles. The van der Waals surface area contributed by atoms with Crippen molar-refractivity contribution in [2.45, 2.75) is 18.8 Å². The molecule has 0 amide bonds. The van der Waals surface area contributed by atoms with Crippen molar-refractivity contribution in [3.63, 3.8) is 0 Å².